The van der Waals surface area contributed by atoms with Crippen molar-refractivity contribution in [1.29, 1.82) is 0 Å². The molecule has 2 atom stereocenters. The summed E-state index contributed by atoms with van der Waals surface area (Å²) in [5.74, 6) is 0. The highest BCUT2D eigenvalue weighted by Crippen LogP contribution is 2.41. The van der Waals surface area contributed by atoms with Gasteiger partial charge in [-0.05, 0) is 36.6 Å². The third-order valence-electron chi connectivity index (χ3n) is 4.58. The summed E-state index contributed by atoms with van der Waals surface area (Å²) >= 11 is 0. The molecular weight excluding hydrogens is 184 g/mol. The van der Waals surface area contributed by atoms with E-state index in [0.29, 0.717) is 22.9 Å². The van der Waals surface area contributed by atoms with Crippen molar-refractivity contribution in [3.05, 3.63) is 0 Å². The van der Waals surface area contributed by atoms with E-state index in [2.05, 4.69) is 32.6 Å². The number of likely N-dealkylation sites (tertiary alicyclic amines) is 1. The SMILES string of the molecule is CC1(C)CCN(C2CCC(C)(C)C2N)C1. The van der Waals surface area contributed by atoms with Gasteiger partial charge in [0.05, 0.1) is 0 Å². The summed E-state index contributed by atoms with van der Waals surface area (Å²) in [6, 6.07) is 1.01. The molecule has 2 nitrogen and oxygen atoms in total. The first-order chi connectivity index (χ1) is 6.82. The zero-order valence-electron chi connectivity index (χ0n) is 10.7. The summed E-state index contributed by atoms with van der Waals surface area (Å²) in [5, 5.41) is 0. The summed E-state index contributed by atoms with van der Waals surface area (Å²) in [7, 11) is 0. The highest BCUT2D eigenvalue weighted by atomic mass is 15.2. The lowest BCUT2D eigenvalue weighted by atomic mass is 9.87. The highest BCUT2D eigenvalue weighted by Gasteiger charge is 2.44. The molecule has 2 rings (SSSR count). The summed E-state index contributed by atoms with van der Waals surface area (Å²) < 4.78 is 0. The molecule has 1 aliphatic heterocycles. The van der Waals surface area contributed by atoms with Crippen molar-refractivity contribution in [2.45, 2.75) is 59.0 Å². The van der Waals surface area contributed by atoms with Gasteiger partial charge in [-0.3, -0.25) is 4.90 Å². The Labute approximate surface area is 94.2 Å². The first kappa shape index (κ1) is 11.4. The number of hydrogen-bond acceptors (Lipinski definition) is 2. The first-order valence-electron chi connectivity index (χ1n) is 6.31. The van der Waals surface area contributed by atoms with Crippen LogP contribution in [0.15, 0.2) is 0 Å². The normalized spacial score (nSPS) is 39.8. The Bertz CT molecular complexity index is 245. The van der Waals surface area contributed by atoms with Crippen molar-refractivity contribution < 1.29 is 0 Å². The van der Waals surface area contributed by atoms with Gasteiger partial charge in [0, 0.05) is 18.6 Å². The first-order valence-corrected chi connectivity index (χ1v) is 6.31. The Morgan fingerprint density at radius 1 is 1.13 bits per heavy atom. The van der Waals surface area contributed by atoms with Crippen LogP contribution < -0.4 is 5.73 Å². The van der Waals surface area contributed by atoms with Crippen LogP contribution >= 0.6 is 0 Å². The predicted octanol–water partition coefficient (Wildman–Crippen LogP) is 2.23. The van der Waals surface area contributed by atoms with Crippen molar-refractivity contribution in [3.8, 4) is 0 Å². The van der Waals surface area contributed by atoms with Gasteiger partial charge in [-0.1, -0.05) is 27.7 Å². The standard InChI is InChI=1S/C13H26N2/c1-12(2)7-8-15(9-12)10-5-6-13(3,4)11(10)14/h10-11H,5-9,14H2,1-4H3. The smallest absolute Gasteiger partial charge is 0.0252 e. The molecule has 2 N–H and O–H groups in total. The van der Waals surface area contributed by atoms with Crippen LogP contribution in [0.5, 0.6) is 0 Å². The second kappa shape index (κ2) is 3.46. The van der Waals surface area contributed by atoms with Crippen molar-refractivity contribution in [1.82, 2.24) is 4.90 Å². The van der Waals surface area contributed by atoms with Crippen molar-refractivity contribution >= 4 is 0 Å². The molecule has 88 valence electrons. The molecule has 2 aliphatic rings. The number of nitrogens with two attached hydrogens (primary N) is 1. The summed E-state index contributed by atoms with van der Waals surface area (Å²) in [6.07, 6.45) is 3.91. The Balaban J connectivity index is 2.02. The number of hydrogen-bond donors (Lipinski definition) is 1. The van der Waals surface area contributed by atoms with E-state index in [0.717, 1.165) is 0 Å². The van der Waals surface area contributed by atoms with Gasteiger partial charge in [0.1, 0.15) is 0 Å². The molecule has 2 fully saturated rings. The molecule has 1 saturated carbocycles. The maximum Gasteiger partial charge on any atom is 0.0252 e. The van der Waals surface area contributed by atoms with Crippen LogP contribution in [-0.2, 0) is 0 Å². The Morgan fingerprint density at radius 3 is 2.20 bits per heavy atom. The maximum atomic E-state index is 6.38. The monoisotopic (exact) mass is 210 g/mol. The fourth-order valence-corrected chi connectivity index (χ4v) is 3.23. The Kier molecular flexibility index (Phi) is 2.63. The molecule has 15 heavy (non-hydrogen) atoms. The maximum absolute atomic E-state index is 6.38. The van der Waals surface area contributed by atoms with Crippen LogP contribution in [-0.4, -0.2) is 30.1 Å². The van der Waals surface area contributed by atoms with Gasteiger partial charge < -0.3 is 5.73 Å². The molecule has 0 spiro atoms. The van der Waals surface area contributed by atoms with Crippen LogP contribution in [0.1, 0.15) is 47.0 Å². The lowest BCUT2D eigenvalue weighted by Crippen LogP contribution is -2.48. The molecule has 0 aromatic rings. The van der Waals surface area contributed by atoms with E-state index in [1.165, 1.54) is 32.4 Å². The van der Waals surface area contributed by atoms with Gasteiger partial charge in [-0.25, -0.2) is 0 Å². The zero-order chi connectivity index (χ0) is 11.3. The second-order valence-electron chi connectivity index (χ2n) is 7.01. The fraction of sp³-hybridized carbons (Fsp3) is 1.00. The summed E-state index contributed by atoms with van der Waals surface area (Å²) in [5.41, 5.74) is 7.23. The third kappa shape index (κ3) is 2.07. The van der Waals surface area contributed by atoms with E-state index < -0.39 is 0 Å². The number of nitrogens with zero attached hydrogens (tertiary/aromatic N) is 1. The van der Waals surface area contributed by atoms with Crippen LogP contribution in [0.4, 0.5) is 0 Å². The molecular formula is C13H26N2. The Hall–Kier alpha value is -0.0800. The van der Waals surface area contributed by atoms with Crippen LogP contribution in [0.2, 0.25) is 0 Å². The lowest BCUT2D eigenvalue weighted by molar-refractivity contribution is 0.181. The number of rotatable bonds is 1. The quantitative estimate of drug-likeness (QED) is 0.719. The molecule has 0 aromatic heterocycles. The molecule has 0 bridgehead atoms. The third-order valence-corrected chi connectivity index (χ3v) is 4.58. The van der Waals surface area contributed by atoms with Crippen LogP contribution in [0, 0.1) is 10.8 Å². The molecule has 2 unspecified atom stereocenters. The lowest BCUT2D eigenvalue weighted by Gasteiger charge is -2.33. The molecule has 2 heteroatoms. The van der Waals surface area contributed by atoms with E-state index in [9.17, 15) is 0 Å². The zero-order valence-corrected chi connectivity index (χ0v) is 10.7. The van der Waals surface area contributed by atoms with E-state index >= 15 is 0 Å². The fourth-order valence-electron chi connectivity index (χ4n) is 3.23. The average Bonchev–Trinajstić information content (AvgIpc) is 2.56. The summed E-state index contributed by atoms with van der Waals surface area (Å²) in [6.45, 7) is 11.9. The molecule has 1 aliphatic carbocycles. The highest BCUT2D eigenvalue weighted by molar-refractivity contribution is 5.01. The van der Waals surface area contributed by atoms with Gasteiger partial charge in [-0.15, -0.1) is 0 Å². The van der Waals surface area contributed by atoms with E-state index in [1.807, 2.05) is 0 Å². The van der Waals surface area contributed by atoms with E-state index in [4.69, 9.17) is 5.73 Å². The topological polar surface area (TPSA) is 29.3 Å². The predicted molar refractivity (Wildman–Crippen MR) is 64.7 cm³/mol. The average molecular weight is 210 g/mol. The minimum atomic E-state index is 0.345. The van der Waals surface area contributed by atoms with Gasteiger partial charge in [-0.2, -0.15) is 0 Å². The van der Waals surface area contributed by atoms with E-state index in [1.54, 1.807) is 0 Å². The molecule has 1 heterocycles. The van der Waals surface area contributed by atoms with Crippen molar-refractivity contribution in [3.63, 3.8) is 0 Å². The van der Waals surface area contributed by atoms with E-state index in [-0.39, 0.29) is 0 Å². The van der Waals surface area contributed by atoms with Crippen LogP contribution in [0.3, 0.4) is 0 Å². The Morgan fingerprint density at radius 2 is 1.80 bits per heavy atom. The van der Waals surface area contributed by atoms with Gasteiger partial charge in [0.15, 0.2) is 0 Å². The molecule has 0 amide bonds. The van der Waals surface area contributed by atoms with Gasteiger partial charge in [0.2, 0.25) is 0 Å². The summed E-state index contributed by atoms with van der Waals surface area (Å²) in [4.78, 5) is 2.64. The van der Waals surface area contributed by atoms with Crippen molar-refractivity contribution in [2.24, 2.45) is 16.6 Å². The molecule has 0 radical (unpaired) electrons. The largest absolute Gasteiger partial charge is 0.326 e. The minimum Gasteiger partial charge on any atom is -0.326 e. The minimum absolute atomic E-state index is 0.345. The molecule has 0 aromatic carbocycles. The van der Waals surface area contributed by atoms with Crippen LogP contribution in [0.25, 0.3) is 0 Å². The second-order valence-corrected chi connectivity index (χ2v) is 7.01. The van der Waals surface area contributed by atoms with Crippen molar-refractivity contribution in [2.75, 3.05) is 13.1 Å². The molecule has 1 saturated heterocycles. The van der Waals surface area contributed by atoms with Gasteiger partial charge in [0.25, 0.3) is 0 Å². The van der Waals surface area contributed by atoms with Gasteiger partial charge >= 0.3 is 0 Å².